The van der Waals surface area contributed by atoms with Crippen LogP contribution in [-0.4, -0.2) is 32.9 Å². The first-order chi connectivity index (χ1) is 24.1. The van der Waals surface area contributed by atoms with E-state index in [-0.39, 0.29) is 0 Å². The maximum atomic E-state index is 5.77. The molecular weight excluding hydrogens is 627 g/mol. The molecule has 6 aromatic carbocycles. The highest BCUT2D eigenvalue weighted by Crippen LogP contribution is 2.16. The fourth-order valence-electron chi connectivity index (χ4n) is 6.90. The Bertz CT molecular complexity index is 1810. The second-order valence-corrected chi connectivity index (χ2v) is 19.1. The molecule has 0 unspecified atom stereocenters. The van der Waals surface area contributed by atoms with Gasteiger partial charge in [-0.2, -0.15) is 0 Å². The lowest BCUT2D eigenvalue weighted by Crippen LogP contribution is -2.66. The summed E-state index contributed by atoms with van der Waals surface area (Å²) in [6.45, 7) is 4.27. The third-order valence-electron chi connectivity index (χ3n) is 9.29. The number of aromatic nitrogens is 1. The van der Waals surface area contributed by atoms with Crippen LogP contribution in [0.25, 0.3) is 0 Å². The summed E-state index contributed by atoms with van der Waals surface area (Å²) in [7, 11) is -5.63. The Morgan fingerprint density at radius 3 is 0.735 bits per heavy atom. The third kappa shape index (κ3) is 6.22. The summed E-state index contributed by atoms with van der Waals surface area (Å²) in [6, 6.07) is 69.2. The maximum absolute atomic E-state index is 5.77. The number of hydrogen-bond acceptors (Lipinski definition) is 2. The lowest BCUT2D eigenvalue weighted by Gasteiger charge is -2.30. The second kappa shape index (κ2) is 14.2. The zero-order chi connectivity index (χ0) is 33.5. The number of nitrogens with zero attached hydrogens (tertiary/aromatic N) is 2. The fraction of sp³-hybridized carbons (Fsp3) is 0.0455. The van der Waals surface area contributed by atoms with E-state index < -0.39 is 16.5 Å². The zero-order valence-electron chi connectivity index (χ0n) is 27.9. The van der Waals surface area contributed by atoms with E-state index in [1.165, 1.54) is 31.1 Å². The molecule has 1 N–H and O–H groups in total. The Morgan fingerprint density at radius 1 is 0.327 bits per heavy atom. The van der Waals surface area contributed by atoms with E-state index in [0.717, 1.165) is 22.8 Å². The van der Waals surface area contributed by atoms with Gasteiger partial charge in [0.1, 0.15) is 0 Å². The van der Waals surface area contributed by atoms with E-state index in [1.807, 2.05) is 0 Å². The summed E-state index contributed by atoms with van der Waals surface area (Å²) in [4.78, 5) is 3.75. The Morgan fingerprint density at radius 2 is 0.531 bits per heavy atom. The summed E-state index contributed by atoms with van der Waals surface area (Å²) in [5.41, 5.74) is 3.94. The van der Waals surface area contributed by atoms with Gasteiger partial charge in [0, 0.05) is 11.4 Å². The molecule has 0 amide bonds. The van der Waals surface area contributed by atoms with Crippen molar-refractivity contribution in [3.05, 3.63) is 206 Å². The van der Waals surface area contributed by atoms with Gasteiger partial charge in [-0.3, -0.25) is 0 Å². The molecule has 238 valence electrons. The summed E-state index contributed by atoms with van der Waals surface area (Å²) in [6.07, 6.45) is 0. The van der Waals surface area contributed by atoms with E-state index in [1.54, 1.807) is 0 Å². The van der Waals surface area contributed by atoms with Crippen molar-refractivity contribution in [1.29, 1.82) is 0 Å². The van der Waals surface area contributed by atoms with Gasteiger partial charge in [0.2, 0.25) is 0 Å². The van der Waals surface area contributed by atoms with E-state index in [4.69, 9.17) is 9.32 Å². The minimum Gasteiger partial charge on any atom is -0.353 e. The predicted molar refractivity (Wildman–Crippen MR) is 213 cm³/mol. The highest BCUT2D eigenvalue weighted by atomic mass is 28.3. The first-order valence-electron chi connectivity index (χ1n) is 16.8. The second-order valence-electron chi connectivity index (χ2n) is 12.3. The smallest absolute Gasteiger partial charge is 0.273 e. The number of aromatic amines is 1. The molecule has 5 heteroatoms. The topological polar surface area (TPSA) is 40.5 Å². The molecular formula is C44H39N3Si2. The van der Waals surface area contributed by atoms with Crippen LogP contribution in [0.5, 0.6) is 0 Å². The van der Waals surface area contributed by atoms with Crippen molar-refractivity contribution in [2.75, 3.05) is 0 Å². The van der Waals surface area contributed by atoms with Gasteiger partial charge in [-0.25, -0.2) is 0 Å². The molecule has 0 saturated carbocycles. The van der Waals surface area contributed by atoms with Gasteiger partial charge in [0.05, 0.1) is 11.4 Å². The van der Waals surface area contributed by atoms with Crippen LogP contribution >= 0.6 is 0 Å². The van der Waals surface area contributed by atoms with Gasteiger partial charge in [0.25, 0.3) is 16.5 Å². The lowest BCUT2D eigenvalue weighted by molar-refractivity contribution is 1.32. The minimum absolute atomic E-state index is 0.972. The van der Waals surface area contributed by atoms with Crippen molar-refractivity contribution in [1.82, 2.24) is 4.98 Å². The molecule has 0 aliphatic carbocycles. The highest BCUT2D eigenvalue weighted by molar-refractivity contribution is 7.11. The average molecular weight is 666 g/mol. The van der Waals surface area contributed by atoms with Crippen molar-refractivity contribution >= 4 is 59.0 Å². The third-order valence-corrected chi connectivity index (χ3v) is 17.6. The molecule has 0 bridgehead atoms. The van der Waals surface area contributed by atoms with Crippen LogP contribution in [0.4, 0.5) is 0 Å². The average Bonchev–Trinajstić information content (AvgIpc) is 3.69. The molecule has 49 heavy (non-hydrogen) atoms. The molecule has 0 radical (unpaired) electrons. The predicted octanol–water partition coefficient (Wildman–Crippen LogP) is 5.97. The van der Waals surface area contributed by atoms with Crippen LogP contribution in [0.1, 0.15) is 25.2 Å². The minimum atomic E-state index is -2.81. The summed E-state index contributed by atoms with van der Waals surface area (Å²) in [5, 5.41) is 7.50. The number of H-pyrrole nitrogens is 1. The molecule has 0 fully saturated rings. The van der Waals surface area contributed by atoms with Crippen molar-refractivity contribution in [3.8, 4) is 0 Å². The summed E-state index contributed by atoms with van der Waals surface area (Å²) >= 11 is 0. The molecule has 0 saturated heterocycles. The fourth-order valence-corrected chi connectivity index (χ4v) is 15.0. The van der Waals surface area contributed by atoms with Crippen LogP contribution in [0.2, 0.25) is 0 Å². The zero-order valence-corrected chi connectivity index (χ0v) is 29.9. The van der Waals surface area contributed by atoms with Gasteiger partial charge in [0.15, 0.2) is 0 Å². The van der Waals surface area contributed by atoms with Gasteiger partial charge in [-0.15, -0.1) is 0 Å². The van der Waals surface area contributed by atoms with Crippen molar-refractivity contribution in [2.24, 2.45) is 9.32 Å². The molecule has 0 atom stereocenters. The molecule has 3 nitrogen and oxygen atoms in total. The molecule has 1 heterocycles. The quantitative estimate of drug-likeness (QED) is 0.106. The lowest BCUT2D eigenvalue weighted by atomic mass is 10.3. The van der Waals surface area contributed by atoms with Gasteiger partial charge in [-0.1, -0.05) is 182 Å². The summed E-state index contributed by atoms with van der Waals surface area (Å²) < 4.78 is 11.5. The van der Waals surface area contributed by atoms with Gasteiger partial charge in [-0.05, 0) is 57.1 Å². The van der Waals surface area contributed by atoms with E-state index in [0.29, 0.717) is 0 Å². The molecule has 0 spiro atoms. The standard InChI is InChI=1S/C44H39N3Si2/c1-35(46-48(37-21-9-3-10-22-37,38-23-11-4-12-24-38)39-25-13-5-14-26-39)43-33-34-44(45-43)36(2)47-49(40-27-15-6-16-28-40,41-29-17-7-18-30-41)42-31-19-8-20-32-42/h3-34,45H,1-2H3/b46-35+,47-36+. The monoisotopic (exact) mass is 665 g/mol. The maximum Gasteiger partial charge on any atom is 0.273 e. The van der Waals surface area contributed by atoms with Crippen molar-refractivity contribution in [2.45, 2.75) is 13.8 Å². The normalized spacial score (nSPS) is 12.5. The molecule has 7 rings (SSSR count). The number of benzene rings is 6. The van der Waals surface area contributed by atoms with Crippen LogP contribution in [-0.2, 0) is 0 Å². The first-order valence-corrected chi connectivity index (χ1v) is 20.7. The van der Waals surface area contributed by atoms with E-state index in [2.05, 4.69) is 213 Å². The number of rotatable bonds is 10. The summed E-state index contributed by atoms with van der Waals surface area (Å²) in [5.74, 6) is 0. The Labute approximate surface area is 291 Å². The van der Waals surface area contributed by atoms with Gasteiger partial charge < -0.3 is 14.3 Å². The Balaban J connectivity index is 1.38. The Kier molecular flexibility index (Phi) is 9.28. The van der Waals surface area contributed by atoms with E-state index in [9.17, 15) is 0 Å². The van der Waals surface area contributed by atoms with Gasteiger partial charge >= 0.3 is 0 Å². The number of nitrogens with one attached hydrogen (secondary N) is 1. The number of hydrogen-bond donors (Lipinski definition) is 1. The SMILES string of the molecule is C/C(=N\[Si](c1ccccc1)(c1ccccc1)c1ccccc1)c1ccc(/C(C)=N/[Si](c2ccccc2)(c2ccccc2)c2ccccc2)[nH]1. The van der Waals surface area contributed by atoms with Crippen LogP contribution in [0.3, 0.4) is 0 Å². The van der Waals surface area contributed by atoms with Crippen LogP contribution in [0, 0.1) is 0 Å². The molecule has 1 aromatic heterocycles. The highest BCUT2D eigenvalue weighted by Gasteiger charge is 2.41. The Hall–Kier alpha value is -5.63. The van der Waals surface area contributed by atoms with Crippen LogP contribution < -0.4 is 31.1 Å². The largest absolute Gasteiger partial charge is 0.353 e. The molecule has 0 aliphatic rings. The van der Waals surface area contributed by atoms with Crippen LogP contribution in [0.15, 0.2) is 203 Å². The molecule has 7 aromatic rings. The first kappa shape index (κ1) is 31.9. The van der Waals surface area contributed by atoms with E-state index >= 15 is 0 Å². The van der Waals surface area contributed by atoms with Crippen molar-refractivity contribution < 1.29 is 0 Å². The van der Waals surface area contributed by atoms with Crippen molar-refractivity contribution in [3.63, 3.8) is 0 Å². The molecule has 0 aliphatic heterocycles.